The van der Waals surface area contributed by atoms with Crippen LogP contribution in [0.5, 0.6) is 0 Å². The van der Waals surface area contributed by atoms with Crippen LogP contribution in [-0.2, 0) is 0 Å². The molecule has 0 amide bonds. The Bertz CT molecular complexity index is 337. The van der Waals surface area contributed by atoms with E-state index in [2.05, 4.69) is 30.9 Å². The Morgan fingerprint density at radius 3 is 2.24 bits per heavy atom. The molecule has 2 heteroatoms. The zero-order valence-electron chi connectivity index (χ0n) is 10.9. The summed E-state index contributed by atoms with van der Waals surface area (Å²) in [6, 6.07) is 10.5. The average molecular weight is 233 g/mol. The van der Waals surface area contributed by atoms with Crippen LogP contribution in [0.3, 0.4) is 0 Å². The van der Waals surface area contributed by atoms with Crippen LogP contribution in [0.25, 0.3) is 0 Å². The fourth-order valence-electron chi connectivity index (χ4n) is 2.84. The number of nitrogens with zero attached hydrogens (tertiary/aromatic N) is 1. The zero-order chi connectivity index (χ0) is 12.3. The van der Waals surface area contributed by atoms with Crippen LogP contribution >= 0.6 is 0 Å². The van der Waals surface area contributed by atoms with Crippen LogP contribution < -0.4 is 0 Å². The summed E-state index contributed by atoms with van der Waals surface area (Å²) < 4.78 is 0. The molecule has 1 fully saturated rings. The highest BCUT2D eigenvalue weighted by Crippen LogP contribution is 2.41. The van der Waals surface area contributed by atoms with Crippen LogP contribution in [0.15, 0.2) is 30.3 Å². The number of aliphatic hydroxyl groups is 1. The van der Waals surface area contributed by atoms with Gasteiger partial charge in [-0.3, -0.25) is 4.90 Å². The van der Waals surface area contributed by atoms with Gasteiger partial charge in [0.05, 0.1) is 12.6 Å². The van der Waals surface area contributed by atoms with Crippen molar-refractivity contribution >= 4 is 0 Å². The van der Waals surface area contributed by atoms with Crippen molar-refractivity contribution in [3.63, 3.8) is 0 Å². The topological polar surface area (TPSA) is 23.5 Å². The van der Waals surface area contributed by atoms with E-state index in [1.807, 2.05) is 18.2 Å². The lowest BCUT2D eigenvalue weighted by Crippen LogP contribution is -2.57. The second kappa shape index (κ2) is 5.19. The molecule has 17 heavy (non-hydrogen) atoms. The van der Waals surface area contributed by atoms with Crippen molar-refractivity contribution in [1.29, 1.82) is 0 Å². The SMILES string of the molecule is CCC1(CC)CN([C@@H](CO)c2ccccc2)C1. The zero-order valence-corrected chi connectivity index (χ0v) is 10.9. The van der Waals surface area contributed by atoms with Crippen molar-refractivity contribution in [2.45, 2.75) is 32.7 Å². The van der Waals surface area contributed by atoms with E-state index in [1.54, 1.807) is 0 Å². The van der Waals surface area contributed by atoms with Gasteiger partial charge < -0.3 is 5.11 Å². The molecule has 1 atom stereocenters. The lowest BCUT2D eigenvalue weighted by Gasteiger charge is -2.53. The van der Waals surface area contributed by atoms with E-state index in [0.29, 0.717) is 5.41 Å². The van der Waals surface area contributed by atoms with E-state index in [9.17, 15) is 5.11 Å². The smallest absolute Gasteiger partial charge is 0.0628 e. The summed E-state index contributed by atoms with van der Waals surface area (Å²) in [6.45, 7) is 7.02. The van der Waals surface area contributed by atoms with Gasteiger partial charge in [0.25, 0.3) is 0 Å². The van der Waals surface area contributed by atoms with Gasteiger partial charge >= 0.3 is 0 Å². The first kappa shape index (κ1) is 12.6. The van der Waals surface area contributed by atoms with Gasteiger partial charge in [0.1, 0.15) is 0 Å². The molecule has 0 unspecified atom stereocenters. The maximum atomic E-state index is 9.59. The first-order valence-corrected chi connectivity index (χ1v) is 6.64. The Labute approximate surface area is 104 Å². The maximum absolute atomic E-state index is 9.59. The predicted molar refractivity (Wildman–Crippen MR) is 70.9 cm³/mol. The summed E-state index contributed by atoms with van der Waals surface area (Å²) in [7, 11) is 0. The Balaban J connectivity index is 2.03. The van der Waals surface area contributed by atoms with Crippen LogP contribution in [0, 0.1) is 5.41 Å². The van der Waals surface area contributed by atoms with Crippen molar-refractivity contribution in [3.05, 3.63) is 35.9 Å². The number of benzene rings is 1. The predicted octanol–water partition coefficient (Wildman–Crippen LogP) is 2.84. The minimum absolute atomic E-state index is 0.183. The standard InChI is InChI=1S/C15H23NO/c1-3-15(4-2)11-16(12-15)14(10-17)13-8-6-5-7-9-13/h5-9,14,17H,3-4,10-12H2,1-2H3/t14-/m0/s1. The molecule has 1 aliphatic heterocycles. The van der Waals surface area contributed by atoms with E-state index < -0.39 is 0 Å². The molecule has 1 heterocycles. The molecule has 0 aliphatic carbocycles. The lowest BCUT2D eigenvalue weighted by molar-refractivity contribution is -0.0520. The molecule has 2 rings (SSSR count). The van der Waals surface area contributed by atoms with Crippen molar-refractivity contribution in [1.82, 2.24) is 4.90 Å². The largest absolute Gasteiger partial charge is 0.394 e. The minimum Gasteiger partial charge on any atom is -0.394 e. The fourth-order valence-corrected chi connectivity index (χ4v) is 2.84. The highest BCUT2D eigenvalue weighted by Gasteiger charge is 2.42. The molecule has 0 radical (unpaired) electrons. The summed E-state index contributed by atoms with van der Waals surface area (Å²) in [4.78, 5) is 2.41. The molecule has 1 N–H and O–H groups in total. The third kappa shape index (κ3) is 2.38. The van der Waals surface area contributed by atoms with E-state index in [0.717, 1.165) is 13.1 Å². The molecule has 1 aliphatic rings. The Morgan fingerprint density at radius 1 is 1.18 bits per heavy atom. The summed E-state index contributed by atoms with van der Waals surface area (Å²) in [5.74, 6) is 0. The number of likely N-dealkylation sites (tertiary alicyclic amines) is 1. The first-order valence-electron chi connectivity index (χ1n) is 6.64. The van der Waals surface area contributed by atoms with E-state index in [1.165, 1.54) is 18.4 Å². The second-order valence-electron chi connectivity index (χ2n) is 5.22. The number of rotatable bonds is 5. The minimum atomic E-state index is 0.183. The summed E-state index contributed by atoms with van der Waals surface area (Å²) in [5, 5.41) is 9.59. The molecule has 1 aromatic carbocycles. The van der Waals surface area contributed by atoms with Crippen molar-refractivity contribution in [2.24, 2.45) is 5.41 Å². The first-order chi connectivity index (χ1) is 8.24. The Morgan fingerprint density at radius 2 is 1.76 bits per heavy atom. The monoisotopic (exact) mass is 233 g/mol. The van der Waals surface area contributed by atoms with Crippen molar-refractivity contribution in [2.75, 3.05) is 19.7 Å². The van der Waals surface area contributed by atoms with Crippen LogP contribution in [-0.4, -0.2) is 29.7 Å². The lowest BCUT2D eigenvalue weighted by atomic mass is 9.74. The molecule has 1 aromatic rings. The van der Waals surface area contributed by atoms with Gasteiger partial charge in [-0.05, 0) is 23.8 Å². The molecule has 94 valence electrons. The molecule has 0 saturated carbocycles. The molecular formula is C15H23NO. The highest BCUT2D eigenvalue weighted by molar-refractivity contribution is 5.20. The van der Waals surface area contributed by atoms with Crippen LogP contribution in [0.1, 0.15) is 38.3 Å². The number of hydrogen-bond acceptors (Lipinski definition) is 2. The van der Waals surface area contributed by atoms with Gasteiger partial charge in [-0.2, -0.15) is 0 Å². The Hall–Kier alpha value is -0.860. The molecule has 0 aromatic heterocycles. The molecular weight excluding hydrogens is 210 g/mol. The summed E-state index contributed by atoms with van der Waals surface area (Å²) in [5.41, 5.74) is 1.73. The summed E-state index contributed by atoms with van der Waals surface area (Å²) >= 11 is 0. The third-order valence-electron chi connectivity index (χ3n) is 4.38. The number of aliphatic hydroxyl groups excluding tert-OH is 1. The van der Waals surface area contributed by atoms with Crippen molar-refractivity contribution < 1.29 is 5.11 Å². The van der Waals surface area contributed by atoms with E-state index in [4.69, 9.17) is 0 Å². The second-order valence-corrected chi connectivity index (χ2v) is 5.22. The maximum Gasteiger partial charge on any atom is 0.0628 e. The van der Waals surface area contributed by atoms with Gasteiger partial charge in [0.15, 0.2) is 0 Å². The van der Waals surface area contributed by atoms with Gasteiger partial charge in [-0.25, -0.2) is 0 Å². The third-order valence-corrected chi connectivity index (χ3v) is 4.38. The molecule has 2 nitrogen and oxygen atoms in total. The Kier molecular flexibility index (Phi) is 3.85. The van der Waals surface area contributed by atoms with Crippen molar-refractivity contribution in [3.8, 4) is 0 Å². The quantitative estimate of drug-likeness (QED) is 0.845. The van der Waals surface area contributed by atoms with Gasteiger partial charge in [-0.1, -0.05) is 44.2 Å². The van der Waals surface area contributed by atoms with Gasteiger partial charge in [-0.15, -0.1) is 0 Å². The van der Waals surface area contributed by atoms with E-state index in [-0.39, 0.29) is 12.6 Å². The van der Waals surface area contributed by atoms with Crippen LogP contribution in [0.4, 0.5) is 0 Å². The normalized spacial score (nSPS) is 20.9. The molecule has 0 spiro atoms. The summed E-state index contributed by atoms with van der Waals surface area (Å²) in [6.07, 6.45) is 2.49. The molecule has 1 saturated heterocycles. The van der Waals surface area contributed by atoms with Crippen LogP contribution in [0.2, 0.25) is 0 Å². The van der Waals surface area contributed by atoms with E-state index >= 15 is 0 Å². The van der Waals surface area contributed by atoms with Gasteiger partial charge in [0, 0.05) is 13.1 Å². The highest BCUT2D eigenvalue weighted by atomic mass is 16.3. The number of hydrogen-bond donors (Lipinski definition) is 1. The van der Waals surface area contributed by atoms with Gasteiger partial charge in [0.2, 0.25) is 0 Å². The average Bonchev–Trinajstić information content (AvgIpc) is 2.34. The molecule has 0 bridgehead atoms. The fraction of sp³-hybridized carbons (Fsp3) is 0.600.